The van der Waals surface area contributed by atoms with Gasteiger partial charge < -0.3 is 4.74 Å². The summed E-state index contributed by atoms with van der Waals surface area (Å²) in [6.45, 7) is 3.76. The molecule has 0 saturated heterocycles. The molecule has 2 atom stereocenters. The van der Waals surface area contributed by atoms with Gasteiger partial charge in [0.2, 0.25) is 5.88 Å². The predicted octanol–water partition coefficient (Wildman–Crippen LogP) is 3.12. The zero-order valence-electron chi connectivity index (χ0n) is 10.0. The molecular formula is C11H15ClN2O3. The third kappa shape index (κ3) is 3.06. The summed E-state index contributed by atoms with van der Waals surface area (Å²) in [6.07, 6.45) is 0.721. The second-order valence-corrected chi connectivity index (χ2v) is 4.29. The normalized spacial score (nSPS) is 14.1. The van der Waals surface area contributed by atoms with Crippen LogP contribution in [-0.4, -0.2) is 22.4 Å². The molecule has 0 bridgehead atoms. The minimum absolute atomic E-state index is 0.0163. The topological polar surface area (TPSA) is 65.3 Å². The lowest BCUT2D eigenvalue weighted by molar-refractivity contribution is -0.386. The highest BCUT2D eigenvalue weighted by Crippen LogP contribution is 2.32. The quantitative estimate of drug-likeness (QED) is 0.462. The lowest BCUT2D eigenvalue weighted by Crippen LogP contribution is -2.12. The number of nitrogens with zero attached hydrogens (tertiary/aromatic N) is 2. The van der Waals surface area contributed by atoms with Crippen molar-refractivity contribution in [3.8, 4) is 5.88 Å². The van der Waals surface area contributed by atoms with Crippen molar-refractivity contribution in [1.82, 2.24) is 4.98 Å². The molecule has 1 aromatic rings. The Balaban J connectivity index is 3.21. The van der Waals surface area contributed by atoms with E-state index in [0.717, 1.165) is 6.42 Å². The number of alkyl halides is 1. The zero-order valence-corrected chi connectivity index (χ0v) is 10.8. The summed E-state index contributed by atoms with van der Waals surface area (Å²) in [5.74, 6) is 0.162. The van der Waals surface area contributed by atoms with E-state index in [1.165, 1.54) is 19.2 Å². The summed E-state index contributed by atoms with van der Waals surface area (Å²) in [7, 11) is 1.47. The number of hydrogen-bond donors (Lipinski definition) is 0. The van der Waals surface area contributed by atoms with Crippen LogP contribution in [0.4, 0.5) is 5.69 Å². The summed E-state index contributed by atoms with van der Waals surface area (Å²) in [4.78, 5) is 14.6. The van der Waals surface area contributed by atoms with Gasteiger partial charge in [0, 0.05) is 23.4 Å². The van der Waals surface area contributed by atoms with Crippen LogP contribution in [0, 0.1) is 10.1 Å². The van der Waals surface area contributed by atoms with Crippen molar-refractivity contribution in [3.63, 3.8) is 0 Å². The molecule has 0 N–H and O–H groups in total. The number of ether oxygens (including phenoxy) is 1. The highest BCUT2D eigenvalue weighted by molar-refractivity contribution is 6.21. The minimum Gasteiger partial charge on any atom is -0.481 e. The van der Waals surface area contributed by atoms with Gasteiger partial charge in [-0.05, 0) is 6.42 Å². The largest absolute Gasteiger partial charge is 0.481 e. The Kier molecular flexibility index (Phi) is 4.69. The van der Waals surface area contributed by atoms with E-state index >= 15 is 0 Å². The fraction of sp³-hybridized carbons (Fsp3) is 0.545. The maximum Gasteiger partial charge on any atom is 0.291 e. The Morgan fingerprint density at radius 1 is 1.59 bits per heavy atom. The van der Waals surface area contributed by atoms with Crippen molar-refractivity contribution in [1.29, 1.82) is 0 Å². The molecule has 0 aliphatic carbocycles. The molecule has 6 heteroatoms. The molecule has 0 fully saturated rings. The predicted molar refractivity (Wildman–Crippen MR) is 65.8 cm³/mol. The number of hydrogen-bond acceptors (Lipinski definition) is 4. The van der Waals surface area contributed by atoms with Crippen molar-refractivity contribution in [2.75, 3.05) is 7.11 Å². The second-order valence-electron chi connectivity index (χ2n) is 3.73. The van der Waals surface area contributed by atoms with Crippen LogP contribution in [0.25, 0.3) is 0 Å². The number of rotatable bonds is 5. The second kappa shape index (κ2) is 5.82. The number of pyridine rings is 1. The highest BCUT2D eigenvalue weighted by Gasteiger charge is 2.25. The fourth-order valence-corrected chi connectivity index (χ4v) is 1.70. The van der Waals surface area contributed by atoms with Crippen molar-refractivity contribution < 1.29 is 9.66 Å². The van der Waals surface area contributed by atoms with Crippen molar-refractivity contribution in [2.45, 2.75) is 31.6 Å². The van der Waals surface area contributed by atoms with Crippen LogP contribution in [0.2, 0.25) is 0 Å². The van der Waals surface area contributed by atoms with Gasteiger partial charge in [0.15, 0.2) is 0 Å². The Bertz CT molecular complexity index is 412. The lowest BCUT2D eigenvalue weighted by atomic mass is 9.99. The number of nitro groups is 1. The summed E-state index contributed by atoms with van der Waals surface area (Å²) in [6, 6.07) is 2.88. The molecule has 0 saturated carbocycles. The molecular weight excluding hydrogens is 244 g/mol. The summed E-state index contributed by atoms with van der Waals surface area (Å²) in [5, 5.41) is 10.7. The molecule has 1 rings (SSSR count). The molecule has 0 aromatic carbocycles. The molecule has 1 aromatic heterocycles. The van der Waals surface area contributed by atoms with Gasteiger partial charge >= 0.3 is 0 Å². The van der Waals surface area contributed by atoms with E-state index in [4.69, 9.17) is 16.3 Å². The van der Waals surface area contributed by atoms with Crippen LogP contribution in [-0.2, 0) is 0 Å². The summed E-state index contributed by atoms with van der Waals surface area (Å²) < 4.78 is 4.98. The van der Waals surface area contributed by atoms with Gasteiger partial charge in [0.25, 0.3) is 5.69 Å². The SMILES string of the molecule is CCC(Cl)C(C)c1nc(OC)ccc1[N+](=O)[O-]. The average molecular weight is 259 g/mol. The number of aromatic nitrogens is 1. The van der Waals surface area contributed by atoms with Crippen LogP contribution in [0.15, 0.2) is 12.1 Å². The standard InChI is InChI=1S/C11H15ClN2O3/c1-4-8(12)7(2)11-9(14(15)16)5-6-10(13-11)17-3/h5-8H,4H2,1-3H3. The van der Waals surface area contributed by atoms with Gasteiger partial charge in [-0.1, -0.05) is 13.8 Å². The first-order valence-corrected chi connectivity index (χ1v) is 5.78. The first-order valence-electron chi connectivity index (χ1n) is 5.34. The molecule has 0 aliphatic rings. The maximum atomic E-state index is 10.9. The third-order valence-corrected chi connectivity index (χ3v) is 3.33. The van der Waals surface area contributed by atoms with Crippen LogP contribution in [0.1, 0.15) is 31.9 Å². The van der Waals surface area contributed by atoms with Crippen molar-refractivity contribution in [2.24, 2.45) is 0 Å². The molecule has 1 heterocycles. The van der Waals surface area contributed by atoms with E-state index in [1.54, 1.807) is 0 Å². The van der Waals surface area contributed by atoms with Gasteiger partial charge in [-0.3, -0.25) is 10.1 Å². The van der Waals surface area contributed by atoms with E-state index in [9.17, 15) is 10.1 Å². The molecule has 0 spiro atoms. The Morgan fingerprint density at radius 3 is 2.71 bits per heavy atom. The Labute approximate surface area is 105 Å². The fourth-order valence-electron chi connectivity index (χ4n) is 1.58. The van der Waals surface area contributed by atoms with Gasteiger partial charge in [0.1, 0.15) is 5.69 Å². The van der Waals surface area contributed by atoms with E-state index in [2.05, 4.69) is 4.98 Å². The minimum atomic E-state index is -0.447. The molecule has 94 valence electrons. The summed E-state index contributed by atoms with van der Waals surface area (Å²) in [5.41, 5.74) is 0.355. The summed E-state index contributed by atoms with van der Waals surface area (Å²) >= 11 is 6.12. The van der Waals surface area contributed by atoms with Crippen LogP contribution in [0.5, 0.6) is 5.88 Å². The van der Waals surface area contributed by atoms with E-state index in [1.807, 2.05) is 13.8 Å². The van der Waals surface area contributed by atoms with E-state index in [-0.39, 0.29) is 17.0 Å². The Hall–Kier alpha value is -1.36. The van der Waals surface area contributed by atoms with E-state index in [0.29, 0.717) is 11.6 Å². The third-order valence-electron chi connectivity index (χ3n) is 2.65. The first kappa shape index (κ1) is 13.7. The van der Waals surface area contributed by atoms with Crippen LogP contribution >= 0.6 is 11.6 Å². The maximum absolute atomic E-state index is 10.9. The monoisotopic (exact) mass is 258 g/mol. The Morgan fingerprint density at radius 2 is 2.24 bits per heavy atom. The van der Waals surface area contributed by atoms with Gasteiger partial charge in [-0.2, -0.15) is 0 Å². The highest BCUT2D eigenvalue weighted by atomic mass is 35.5. The van der Waals surface area contributed by atoms with Gasteiger partial charge in [0.05, 0.1) is 12.0 Å². The molecule has 0 aliphatic heterocycles. The van der Waals surface area contributed by atoms with Crippen molar-refractivity contribution in [3.05, 3.63) is 27.9 Å². The van der Waals surface area contributed by atoms with Gasteiger partial charge in [-0.15, -0.1) is 11.6 Å². The molecule has 0 radical (unpaired) electrons. The van der Waals surface area contributed by atoms with Gasteiger partial charge in [-0.25, -0.2) is 4.98 Å². The van der Waals surface area contributed by atoms with E-state index < -0.39 is 4.92 Å². The molecule has 0 amide bonds. The number of methoxy groups -OCH3 is 1. The van der Waals surface area contributed by atoms with Crippen LogP contribution in [0.3, 0.4) is 0 Å². The zero-order chi connectivity index (χ0) is 13.0. The van der Waals surface area contributed by atoms with Crippen molar-refractivity contribution >= 4 is 17.3 Å². The van der Waals surface area contributed by atoms with Crippen LogP contribution < -0.4 is 4.74 Å². The molecule has 5 nitrogen and oxygen atoms in total. The molecule has 2 unspecified atom stereocenters. The first-order chi connectivity index (χ1) is 8.01. The number of halogens is 1. The average Bonchev–Trinajstić information content (AvgIpc) is 2.35. The molecule has 17 heavy (non-hydrogen) atoms. The smallest absolute Gasteiger partial charge is 0.291 e. The lowest BCUT2D eigenvalue weighted by Gasteiger charge is -2.16.